The van der Waals surface area contributed by atoms with Gasteiger partial charge in [0.2, 0.25) is 10.0 Å². The molecule has 0 heterocycles. The summed E-state index contributed by atoms with van der Waals surface area (Å²) in [6.07, 6.45) is 0.808. The lowest BCUT2D eigenvalue weighted by Crippen LogP contribution is -2.44. The molecule has 0 aromatic carbocycles. The summed E-state index contributed by atoms with van der Waals surface area (Å²) in [5.41, 5.74) is -0.0456. The van der Waals surface area contributed by atoms with Crippen molar-refractivity contribution in [3.63, 3.8) is 0 Å². The van der Waals surface area contributed by atoms with Crippen molar-refractivity contribution in [3.05, 3.63) is 0 Å². The Labute approximate surface area is 95.8 Å². The minimum absolute atomic E-state index is 0.00757. The fourth-order valence-corrected chi connectivity index (χ4v) is 2.61. The molecule has 0 saturated carbocycles. The van der Waals surface area contributed by atoms with Gasteiger partial charge in [-0.2, -0.15) is 0 Å². The maximum absolute atomic E-state index is 11.4. The highest BCUT2D eigenvalue weighted by Gasteiger charge is 2.27. The van der Waals surface area contributed by atoms with E-state index in [2.05, 4.69) is 20.7 Å². The SMILES string of the molecule is CCS(=O)(=O)NC(CCBr)C(C)(C)C. The molecule has 0 fully saturated rings. The van der Waals surface area contributed by atoms with Crippen LogP contribution in [-0.4, -0.2) is 25.5 Å². The van der Waals surface area contributed by atoms with E-state index in [1.54, 1.807) is 6.92 Å². The van der Waals surface area contributed by atoms with E-state index in [4.69, 9.17) is 0 Å². The molecular formula is C9H20BrNO2S. The quantitative estimate of drug-likeness (QED) is 0.787. The Kier molecular flexibility index (Phi) is 5.62. The number of alkyl halides is 1. The molecule has 0 aliphatic heterocycles. The zero-order chi connectivity index (χ0) is 11.4. The minimum atomic E-state index is -3.09. The molecule has 1 atom stereocenters. The summed E-state index contributed by atoms with van der Waals surface area (Å²) in [6, 6.07) is -0.00757. The van der Waals surface area contributed by atoms with E-state index >= 15 is 0 Å². The summed E-state index contributed by atoms with van der Waals surface area (Å²) in [4.78, 5) is 0. The van der Waals surface area contributed by atoms with Crippen LogP contribution in [0.5, 0.6) is 0 Å². The Balaban J connectivity index is 4.55. The van der Waals surface area contributed by atoms with E-state index in [0.717, 1.165) is 11.8 Å². The second-order valence-electron chi connectivity index (χ2n) is 4.42. The summed E-state index contributed by atoms with van der Waals surface area (Å²) in [5, 5.41) is 0.807. The first-order chi connectivity index (χ1) is 6.23. The first-order valence-corrected chi connectivity index (χ1v) is 7.56. The van der Waals surface area contributed by atoms with Gasteiger partial charge in [-0.15, -0.1) is 0 Å². The van der Waals surface area contributed by atoms with Crippen LogP contribution in [0.15, 0.2) is 0 Å². The standard InChI is InChI=1S/C9H20BrNO2S/c1-5-14(12,13)11-8(6-7-10)9(2,3)4/h8,11H,5-7H2,1-4H3. The van der Waals surface area contributed by atoms with Crippen LogP contribution < -0.4 is 4.72 Å². The Morgan fingerprint density at radius 2 is 1.86 bits per heavy atom. The number of nitrogens with one attached hydrogen (secondary N) is 1. The summed E-state index contributed by atoms with van der Waals surface area (Å²) in [5.74, 6) is 0.141. The van der Waals surface area contributed by atoms with Crippen molar-refractivity contribution < 1.29 is 8.42 Å². The predicted octanol–water partition coefficient (Wildman–Crippen LogP) is 2.13. The lowest BCUT2D eigenvalue weighted by Gasteiger charge is -2.30. The first kappa shape index (κ1) is 14.4. The van der Waals surface area contributed by atoms with Crippen molar-refractivity contribution in [1.82, 2.24) is 4.72 Å². The molecule has 0 radical (unpaired) electrons. The summed E-state index contributed by atoms with van der Waals surface area (Å²) >= 11 is 3.34. The Morgan fingerprint density at radius 1 is 1.36 bits per heavy atom. The van der Waals surface area contributed by atoms with E-state index in [1.165, 1.54) is 0 Å². The molecule has 0 rings (SSSR count). The van der Waals surface area contributed by atoms with Crippen molar-refractivity contribution in [2.45, 2.75) is 40.2 Å². The van der Waals surface area contributed by atoms with Gasteiger partial charge in [0.15, 0.2) is 0 Å². The number of rotatable bonds is 5. The molecule has 1 N–H and O–H groups in total. The molecule has 0 aliphatic carbocycles. The fraction of sp³-hybridized carbons (Fsp3) is 1.00. The fourth-order valence-electron chi connectivity index (χ4n) is 1.08. The van der Waals surface area contributed by atoms with Gasteiger partial charge in [0.25, 0.3) is 0 Å². The smallest absolute Gasteiger partial charge is 0.211 e. The molecule has 0 spiro atoms. The molecule has 0 aliphatic rings. The van der Waals surface area contributed by atoms with E-state index in [-0.39, 0.29) is 17.2 Å². The van der Waals surface area contributed by atoms with Crippen molar-refractivity contribution >= 4 is 26.0 Å². The predicted molar refractivity (Wildman–Crippen MR) is 64.3 cm³/mol. The molecule has 0 amide bonds. The van der Waals surface area contributed by atoms with Crippen LogP contribution in [0.2, 0.25) is 0 Å². The van der Waals surface area contributed by atoms with Crippen LogP contribution in [0.4, 0.5) is 0 Å². The van der Waals surface area contributed by atoms with Crippen LogP contribution >= 0.6 is 15.9 Å². The molecule has 86 valence electrons. The highest BCUT2D eigenvalue weighted by Crippen LogP contribution is 2.23. The van der Waals surface area contributed by atoms with Gasteiger partial charge in [-0.25, -0.2) is 13.1 Å². The first-order valence-electron chi connectivity index (χ1n) is 4.79. The third-order valence-corrected chi connectivity index (χ3v) is 4.01. The molecule has 0 aromatic heterocycles. The normalized spacial score (nSPS) is 15.5. The van der Waals surface area contributed by atoms with Gasteiger partial charge in [-0.05, 0) is 18.8 Å². The van der Waals surface area contributed by atoms with Crippen LogP contribution in [0.3, 0.4) is 0 Å². The van der Waals surface area contributed by atoms with Gasteiger partial charge >= 0.3 is 0 Å². The van der Waals surface area contributed by atoms with Gasteiger partial charge in [-0.3, -0.25) is 0 Å². The highest BCUT2D eigenvalue weighted by molar-refractivity contribution is 9.09. The molecule has 14 heavy (non-hydrogen) atoms. The topological polar surface area (TPSA) is 46.2 Å². The number of hydrogen-bond acceptors (Lipinski definition) is 2. The van der Waals surface area contributed by atoms with Crippen molar-refractivity contribution in [2.24, 2.45) is 5.41 Å². The molecule has 0 bridgehead atoms. The molecular weight excluding hydrogens is 266 g/mol. The number of sulfonamides is 1. The lowest BCUT2D eigenvalue weighted by atomic mass is 9.86. The second-order valence-corrected chi connectivity index (χ2v) is 7.25. The second kappa shape index (κ2) is 5.47. The van der Waals surface area contributed by atoms with Gasteiger partial charge in [0.1, 0.15) is 0 Å². The van der Waals surface area contributed by atoms with E-state index in [9.17, 15) is 8.42 Å². The van der Waals surface area contributed by atoms with Gasteiger partial charge in [-0.1, -0.05) is 36.7 Å². The van der Waals surface area contributed by atoms with Crippen molar-refractivity contribution in [2.75, 3.05) is 11.1 Å². The average molecular weight is 286 g/mol. The number of halogens is 1. The molecule has 5 heteroatoms. The summed E-state index contributed by atoms with van der Waals surface area (Å²) in [6.45, 7) is 7.77. The van der Waals surface area contributed by atoms with Crippen molar-refractivity contribution in [1.29, 1.82) is 0 Å². The minimum Gasteiger partial charge on any atom is -0.212 e. The molecule has 1 unspecified atom stereocenters. The Hall–Kier alpha value is 0.390. The largest absolute Gasteiger partial charge is 0.212 e. The summed E-state index contributed by atoms with van der Waals surface area (Å²) < 4.78 is 25.5. The van der Waals surface area contributed by atoms with E-state index < -0.39 is 10.0 Å². The third kappa shape index (κ3) is 5.32. The van der Waals surface area contributed by atoms with Crippen molar-refractivity contribution in [3.8, 4) is 0 Å². The molecule has 0 aromatic rings. The van der Waals surface area contributed by atoms with E-state index in [1.807, 2.05) is 20.8 Å². The maximum atomic E-state index is 11.4. The third-order valence-electron chi connectivity index (χ3n) is 2.15. The lowest BCUT2D eigenvalue weighted by molar-refractivity contribution is 0.293. The van der Waals surface area contributed by atoms with Crippen LogP contribution in [0.25, 0.3) is 0 Å². The molecule has 3 nitrogen and oxygen atoms in total. The molecule has 0 saturated heterocycles. The van der Waals surface area contributed by atoms with Crippen LogP contribution in [-0.2, 0) is 10.0 Å². The average Bonchev–Trinajstić information content (AvgIpc) is 2.02. The van der Waals surface area contributed by atoms with Crippen LogP contribution in [0.1, 0.15) is 34.1 Å². The zero-order valence-electron chi connectivity index (χ0n) is 9.30. The Bertz CT molecular complexity index is 256. The van der Waals surface area contributed by atoms with Gasteiger partial charge in [0.05, 0.1) is 5.75 Å². The van der Waals surface area contributed by atoms with Crippen LogP contribution in [0, 0.1) is 5.41 Å². The van der Waals surface area contributed by atoms with E-state index in [0.29, 0.717) is 0 Å². The summed E-state index contributed by atoms with van der Waals surface area (Å²) in [7, 11) is -3.09. The maximum Gasteiger partial charge on any atom is 0.211 e. The zero-order valence-corrected chi connectivity index (χ0v) is 11.7. The monoisotopic (exact) mass is 285 g/mol. The van der Waals surface area contributed by atoms with Gasteiger partial charge < -0.3 is 0 Å². The number of hydrogen-bond donors (Lipinski definition) is 1. The van der Waals surface area contributed by atoms with Gasteiger partial charge in [0, 0.05) is 11.4 Å². The highest BCUT2D eigenvalue weighted by atomic mass is 79.9. The Morgan fingerprint density at radius 3 is 2.14 bits per heavy atom.